The van der Waals surface area contributed by atoms with E-state index in [1.165, 1.54) is 0 Å². The van der Waals surface area contributed by atoms with E-state index in [1.807, 2.05) is 38.1 Å². The van der Waals surface area contributed by atoms with Crippen molar-refractivity contribution in [2.24, 2.45) is 5.92 Å². The number of ether oxygens (including phenoxy) is 2. The molecule has 1 N–H and O–H groups in total. The normalized spacial score (nSPS) is 14.5. The van der Waals surface area contributed by atoms with Crippen molar-refractivity contribution in [2.75, 3.05) is 20.3 Å². The molecule has 2 aromatic carbocycles. The molecule has 1 aliphatic heterocycles. The molecule has 1 heterocycles. The summed E-state index contributed by atoms with van der Waals surface area (Å²) < 4.78 is 10.9. The number of para-hydroxylation sites is 1. The van der Waals surface area contributed by atoms with E-state index in [9.17, 15) is 9.59 Å². The highest BCUT2D eigenvalue weighted by molar-refractivity contribution is 5.97. The van der Waals surface area contributed by atoms with Crippen molar-refractivity contribution in [1.29, 1.82) is 0 Å². The maximum absolute atomic E-state index is 13.2. The van der Waals surface area contributed by atoms with Crippen LogP contribution < -0.4 is 14.8 Å². The third-order valence-electron chi connectivity index (χ3n) is 4.84. The van der Waals surface area contributed by atoms with Crippen molar-refractivity contribution >= 4 is 11.8 Å². The Morgan fingerprint density at radius 3 is 2.50 bits per heavy atom. The molecular formula is C22H26N2O4. The van der Waals surface area contributed by atoms with E-state index in [0.717, 1.165) is 11.3 Å². The molecule has 3 rings (SSSR count). The first-order chi connectivity index (χ1) is 13.5. The SMILES string of the molecule is COc1ccc(C(=O)NC(C(=O)N2CCOc3ccccc3C2)C(C)C)cc1. The van der Waals surface area contributed by atoms with Gasteiger partial charge in [-0.05, 0) is 36.2 Å². The number of nitrogens with zero attached hydrogens (tertiary/aromatic N) is 1. The monoisotopic (exact) mass is 382 g/mol. The molecule has 0 radical (unpaired) electrons. The number of fused-ring (bicyclic) bond motifs is 1. The summed E-state index contributed by atoms with van der Waals surface area (Å²) in [5.41, 5.74) is 1.46. The molecule has 6 nitrogen and oxygen atoms in total. The second-order valence-corrected chi connectivity index (χ2v) is 7.14. The van der Waals surface area contributed by atoms with Gasteiger partial charge >= 0.3 is 0 Å². The van der Waals surface area contributed by atoms with Crippen LogP contribution in [0, 0.1) is 5.92 Å². The van der Waals surface area contributed by atoms with Crippen LogP contribution in [0.2, 0.25) is 0 Å². The first-order valence-corrected chi connectivity index (χ1v) is 9.44. The summed E-state index contributed by atoms with van der Waals surface area (Å²) in [5, 5.41) is 2.90. The second kappa shape index (κ2) is 8.78. The van der Waals surface area contributed by atoms with Gasteiger partial charge in [-0.2, -0.15) is 0 Å². The molecule has 6 heteroatoms. The van der Waals surface area contributed by atoms with Crippen LogP contribution in [0.4, 0.5) is 0 Å². The van der Waals surface area contributed by atoms with E-state index in [0.29, 0.717) is 31.0 Å². The van der Waals surface area contributed by atoms with Crippen LogP contribution in [-0.4, -0.2) is 43.0 Å². The van der Waals surface area contributed by atoms with Crippen LogP contribution in [0.15, 0.2) is 48.5 Å². The Bertz CT molecular complexity index is 833. The summed E-state index contributed by atoms with van der Waals surface area (Å²) in [6.45, 7) is 5.24. The highest BCUT2D eigenvalue weighted by atomic mass is 16.5. The Morgan fingerprint density at radius 1 is 1.11 bits per heavy atom. The average molecular weight is 382 g/mol. The zero-order valence-electron chi connectivity index (χ0n) is 16.5. The molecule has 1 aliphatic rings. The third-order valence-corrected chi connectivity index (χ3v) is 4.84. The molecule has 0 bridgehead atoms. The van der Waals surface area contributed by atoms with Crippen LogP contribution >= 0.6 is 0 Å². The highest BCUT2D eigenvalue weighted by Crippen LogP contribution is 2.23. The van der Waals surface area contributed by atoms with Gasteiger partial charge < -0.3 is 19.7 Å². The number of hydrogen-bond acceptors (Lipinski definition) is 4. The van der Waals surface area contributed by atoms with Crippen molar-refractivity contribution in [3.8, 4) is 11.5 Å². The van der Waals surface area contributed by atoms with Gasteiger partial charge in [-0.1, -0.05) is 32.0 Å². The maximum Gasteiger partial charge on any atom is 0.251 e. The molecule has 0 saturated heterocycles. The number of rotatable bonds is 5. The van der Waals surface area contributed by atoms with Crippen LogP contribution in [0.1, 0.15) is 29.8 Å². The summed E-state index contributed by atoms with van der Waals surface area (Å²) in [5.74, 6) is 1.06. The lowest BCUT2D eigenvalue weighted by Gasteiger charge is -2.28. The van der Waals surface area contributed by atoms with Gasteiger partial charge in [-0.15, -0.1) is 0 Å². The van der Waals surface area contributed by atoms with Gasteiger partial charge in [0.25, 0.3) is 5.91 Å². The van der Waals surface area contributed by atoms with Crippen molar-refractivity contribution < 1.29 is 19.1 Å². The van der Waals surface area contributed by atoms with E-state index < -0.39 is 6.04 Å². The Kier molecular flexibility index (Phi) is 6.19. The summed E-state index contributed by atoms with van der Waals surface area (Å²) in [7, 11) is 1.57. The van der Waals surface area contributed by atoms with Crippen LogP contribution in [0.5, 0.6) is 11.5 Å². The molecule has 1 atom stereocenters. The van der Waals surface area contributed by atoms with Gasteiger partial charge in [0.15, 0.2) is 0 Å². The number of methoxy groups -OCH3 is 1. The molecule has 2 aromatic rings. The molecular weight excluding hydrogens is 356 g/mol. The third kappa shape index (κ3) is 4.44. The molecule has 28 heavy (non-hydrogen) atoms. The van der Waals surface area contributed by atoms with E-state index in [-0.39, 0.29) is 17.7 Å². The average Bonchev–Trinajstić information content (AvgIpc) is 2.93. The Balaban J connectivity index is 1.74. The second-order valence-electron chi connectivity index (χ2n) is 7.14. The Labute approximate surface area is 165 Å². The summed E-state index contributed by atoms with van der Waals surface area (Å²) in [6, 6.07) is 13.9. The molecule has 1 unspecified atom stereocenters. The van der Waals surface area contributed by atoms with E-state index in [2.05, 4.69) is 5.32 Å². The van der Waals surface area contributed by atoms with Crippen molar-refractivity contribution in [3.63, 3.8) is 0 Å². The van der Waals surface area contributed by atoms with Crippen molar-refractivity contribution in [2.45, 2.75) is 26.4 Å². The lowest BCUT2D eigenvalue weighted by molar-refractivity contribution is -0.135. The van der Waals surface area contributed by atoms with E-state index in [1.54, 1.807) is 36.3 Å². The van der Waals surface area contributed by atoms with Crippen molar-refractivity contribution in [1.82, 2.24) is 10.2 Å². The topological polar surface area (TPSA) is 67.9 Å². The van der Waals surface area contributed by atoms with Gasteiger partial charge in [0.05, 0.1) is 13.7 Å². The van der Waals surface area contributed by atoms with Gasteiger partial charge in [-0.3, -0.25) is 9.59 Å². The summed E-state index contributed by atoms with van der Waals surface area (Å²) >= 11 is 0. The lowest BCUT2D eigenvalue weighted by atomic mass is 10.0. The molecule has 148 valence electrons. The van der Waals surface area contributed by atoms with E-state index in [4.69, 9.17) is 9.47 Å². The predicted molar refractivity (Wildman–Crippen MR) is 106 cm³/mol. The molecule has 0 aliphatic carbocycles. The van der Waals surface area contributed by atoms with Crippen LogP contribution in [-0.2, 0) is 11.3 Å². The highest BCUT2D eigenvalue weighted by Gasteiger charge is 2.30. The zero-order chi connectivity index (χ0) is 20.1. The number of amides is 2. The quantitative estimate of drug-likeness (QED) is 0.863. The molecule has 2 amide bonds. The van der Waals surface area contributed by atoms with Crippen LogP contribution in [0.25, 0.3) is 0 Å². The summed E-state index contributed by atoms with van der Waals surface area (Å²) in [4.78, 5) is 27.6. The zero-order valence-corrected chi connectivity index (χ0v) is 16.5. The molecule has 0 saturated carbocycles. The smallest absolute Gasteiger partial charge is 0.251 e. The fraction of sp³-hybridized carbons (Fsp3) is 0.364. The maximum atomic E-state index is 13.2. The fourth-order valence-electron chi connectivity index (χ4n) is 3.19. The standard InChI is InChI=1S/C22H26N2O4/c1-15(2)20(23-21(25)16-8-10-18(27-3)11-9-16)22(26)24-12-13-28-19-7-5-4-6-17(19)14-24/h4-11,15,20H,12-14H2,1-3H3,(H,23,25). The predicted octanol–water partition coefficient (Wildman–Crippen LogP) is 2.87. The fourth-order valence-corrected chi connectivity index (χ4v) is 3.19. The first kappa shape index (κ1) is 19.7. The van der Waals surface area contributed by atoms with E-state index >= 15 is 0 Å². The minimum absolute atomic E-state index is 0.0471. The van der Waals surface area contributed by atoms with Crippen LogP contribution in [0.3, 0.4) is 0 Å². The minimum atomic E-state index is -0.611. The number of carbonyl (C=O) groups excluding carboxylic acids is 2. The Morgan fingerprint density at radius 2 is 1.82 bits per heavy atom. The summed E-state index contributed by atoms with van der Waals surface area (Å²) in [6.07, 6.45) is 0. The molecule has 0 aromatic heterocycles. The van der Waals surface area contributed by atoms with Crippen molar-refractivity contribution in [3.05, 3.63) is 59.7 Å². The number of hydrogen-bond donors (Lipinski definition) is 1. The first-order valence-electron chi connectivity index (χ1n) is 9.44. The van der Waals surface area contributed by atoms with Gasteiger partial charge in [-0.25, -0.2) is 0 Å². The van der Waals surface area contributed by atoms with Gasteiger partial charge in [0, 0.05) is 17.7 Å². The minimum Gasteiger partial charge on any atom is -0.497 e. The molecule has 0 spiro atoms. The largest absolute Gasteiger partial charge is 0.497 e. The lowest BCUT2D eigenvalue weighted by Crippen LogP contribution is -2.51. The van der Waals surface area contributed by atoms with Gasteiger partial charge in [0.2, 0.25) is 5.91 Å². The van der Waals surface area contributed by atoms with Gasteiger partial charge in [0.1, 0.15) is 24.1 Å². The Hall–Kier alpha value is -3.02. The number of carbonyl (C=O) groups is 2. The molecule has 0 fully saturated rings. The number of benzene rings is 2. The number of nitrogens with one attached hydrogen (secondary N) is 1.